The molecule has 0 saturated heterocycles. The van der Waals surface area contributed by atoms with Crippen LogP contribution in [0.25, 0.3) is 0 Å². The van der Waals surface area contributed by atoms with Crippen LogP contribution in [0.4, 0.5) is 0 Å². The molecule has 4 heteroatoms. The quantitative estimate of drug-likeness (QED) is 0.569. The van der Waals surface area contributed by atoms with Gasteiger partial charge in [-0.2, -0.15) is 0 Å². The van der Waals surface area contributed by atoms with Gasteiger partial charge in [-0.15, -0.1) is 0 Å². The van der Waals surface area contributed by atoms with Crippen molar-refractivity contribution in [2.45, 2.75) is 13.0 Å². The van der Waals surface area contributed by atoms with Crippen LogP contribution < -0.4 is 4.72 Å². The van der Waals surface area contributed by atoms with Crippen LogP contribution in [0.1, 0.15) is 6.92 Å². The molecule has 0 heterocycles. The van der Waals surface area contributed by atoms with Crippen molar-refractivity contribution in [2.75, 3.05) is 6.26 Å². The molecule has 1 unspecified atom stereocenters. The molecular weight excluding hydrogens is 126 g/mol. The number of rotatable bonds is 2. The van der Waals surface area contributed by atoms with E-state index in [9.17, 15) is 8.42 Å². The molecule has 49 valence electrons. The van der Waals surface area contributed by atoms with E-state index < -0.39 is 10.0 Å². The molecule has 0 rings (SSSR count). The van der Waals surface area contributed by atoms with Crippen LogP contribution in [0.2, 0.25) is 0 Å². The summed E-state index contributed by atoms with van der Waals surface area (Å²) in [4.78, 5) is 0. The van der Waals surface area contributed by atoms with E-state index in [1.165, 1.54) is 0 Å². The second kappa shape index (κ2) is 2.46. The average molecular weight is 136 g/mol. The molecule has 1 atom stereocenters. The molecule has 0 bridgehead atoms. The third kappa shape index (κ3) is 5.91. The van der Waals surface area contributed by atoms with E-state index in [-0.39, 0.29) is 6.04 Å². The predicted molar refractivity (Wildman–Crippen MR) is 32.8 cm³/mol. The normalized spacial score (nSPS) is 12.5. The molecule has 1 N–H and O–H groups in total. The van der Waals surface area contributed by atoms with E-state index in [2.05, 4.69) is 11.6 Å². The third-order valence-electron chi connectivity index (χ3n) is 0.415. The van der Waals surface area contributed by atoms with Crippen LogP contribution in [0, 0.1) is 6.92 Å². The van der Waals surface area contributed by atoms with Gasteiger partial charge >= 0.3 is 0 Å². The summed E-state index contributed by atoms with van der Waals surface area (Å²) < 4.78 is 22.8. The molecule has 3 nitrogen and oxygen atoms in total. The van der Waals surface area contributed by atoms with Crippen molar-refractivity contribution >= 4 is 10.0 Å². The smallest absolute Gasteiger partial charge is 0.208 e. The summed E-state index contributed by atoms with van der Waals surface area (Å²) >= 11 is 0. The Bertz CT molecular complexity index is 147. The molecule has 0 aromatic carbocycles. The van der Waals surface area contributed by atoms with E-state index in [0.717, 1.165) is 6.26 Å². The van der Waals surface area contributed by atoms with Crippen molar-refractivity contribution in [2.24, 2.45) is 0 Å². The van der Waals surface area contributed by atoms with Gasteiger partial charge in [0.15, 0.2) is 0 Å². The van der Waals surface area contributed by atoms with E-state index in [1.54, 1.807) is 6.92 Å². The van der Waals surface area contributed by atoms with Crippen molar-refractivity contribution in [3.63, 3.8) is 0 Å². The molecule has 0 fully saturated rings. The molecule has 0 aromatic rings. The van der Waals surface area contributed by atoms with Crippen molar-refractivity contribution in [3.05, 3.63) is 6.92 Å². The second-order valence-corrected chi connectivity index (χ2v) is 3.57. The number of nitrogens with one attached hydrogen (secondary N) is 1. The number of hydrogen-bond acceptors (Lipinski definition) is 2. The van der Waals surface area contributed by atoms with Crippen molar-refractivity contribution in [3.8, 4) is 0 Å². The zero-order chi connectivity index (χ0) is 6.78. The molecular formula is C4H10NO2S. The first-order valence-corrected chi connectivity index (χ1v) is 4.11. The van der Waals surface area contributed by atoms with Crippen molar-refractivity contribution in [1.82, 2.24) is 4.72 Å². The third-order valence-corrected chi connectivity index (χ3v) is 1.25. The van der Waals surface area contributed by atoms with Gasteiger partial charge in [-0.25, -0.2) is 13.1 Å². The first-order chi connectivity index (χ1) is 3.42. The SMILES string of the molecule is [CH2]C(C)NS(C)(=O)=O. The maximum atomic E-state index is 10.3. The Kier molecular flexibility index (Phi) is 2.43. The zero-order valence-electron chi connectivity index (χ0n) is 5.01. The van der Waals surface area contributed by atoms with Crippen LogP contribution in [0.3, 0.4) is 0 Å². The zero-order valence-corrected chi connectivity index (χ0v) is 5.83. The molecule has 1 radical (unpaired) electrons. The van der Waals surface area contributed by atoms with Gasteiger partial charge in [-0.05, 0) is 13.8 Å². The maximum absolute atomic E-state index is 10.3. The second-order valence-electron chi connectivity index (χ2n) is 1.79. The van der Waals surface area contributed by atoms with E-state index >= 15 is 0 Å². The van der Waals surface area contributed by atoms with Gasteiger partial charge in [0, 0.05) is 6.04 Å². The highest BCUT2D eigenvalue weighted by atomic mass is 32.2. The van der Waals surface area contributed by atoms with Crippen LogP contribution in [0.5, 0.6) is 0 Å². The Labute approximate surface area is 50.1 Å². The summed E-state index contributed by atoms with van der Waals surface area (Å²) in [6.45, 7) is 5.10. The summed E-state index contributed by atoms with van der Waals surface area (Å²) in [7, 11) is -3.04. The fourth-order valence-electron chi connectivity index (χ4n) is 0.365. The van der Waals surface area contributed by atoms with Gasteiger partial charge in [-0.1, -0.05) is 0 Å². The monoisotopic (exact) mass is 136 g/mol. The molecule has 0 spiro atoms. The summed E-state index contributed by atoms with van der Waals surface area (Å²) in [6.07, 6.45) is 1.11. The number of hydrogen-bond donors (Lipinski definition) is 1. The predicted octanol–water partition coefficient (Wildman–Crippen LogP) is -0.242. The summed E-state index contributed by atoms with van der Waals surface area (Å²) in [5.41, 5.74) is 0. The highest BCUT2D eigenvalue weighted by molar-refractivity contribution is 7.88. The Hall–Kier alpha value is -0.0900. The van der Waals surface area contributed by atoms with Crippen LogP contribution in [-0.2, 0) is 10.0 Å². The van der Waals surface area contributed by atoms with Gasteiger partial charge in [0.25, 0.3) is 0 Å². The first kappa shape index (κ1) is 7.91. The Balaban J connectivity index is 3.75. The summed E-state index contributed by atoms with van der Waals surface area (Å²) in [6, 6.07) is -0.245. The number of sulfonamides is 1. The van der Waals surface area contributed by atoms with Crippen LogP contribution in [0.15, 0.2) is 0 Å². The lowest BCUT2D eigenvalue weighted by atomic mass is 10.4. The Morgan fingerprint density at radius 1 is 1.62 bits per heavy atom. The molecule has 8 heavy (non-hydrogen) atoms. The largest absolute Gasteiger partial charge is 0.213 e. The lowest BCUT2D eigenvalue weighted by Crippen LogP contribution is -2.28. The Morgan fingerprint density at radius 3 is 2.00 bits per heavy atom. The first-order valence-electron chi connectivity index (χ1n) is 2.22. The minimum Gasteiger partial charge on any atom is -0.213 e. The fraction of sp³-hybridized carbons (Fsp3) is 0.750. The molecule has 0 aromatic heterocycles. The van der Waals surface area contributed by atoms with E-state index in [1.807, 2.05) is 0 Å². The molecule has 0 saturated carbocycles. The lowest BCUT2D eigenvalue weighted by molar-refractivity contribution is 0.582. The van der Waals surface area contributed by atoms with E-state index in [4.69, 9.17) is 0 Å². The summed E-state index contributed by atoms with van der Waals surface area (Å²) in [5, 5.41) is 0. The lowest BCUT2D eigenvalue weighted by Gasteiger charge is -2.02. The van der Waals surface area contributed by atoms with Crippen LogP contribution >= 0.6 is 0 Å². The fourth-order valence-corrected chi connectivity index (χ4v) is 1.10. The van der Waals surface area contributed by atoms with Crippen molar-refractivity contribution in [1.29, 1.82) is 0 Å². The van der Waals surface area contributed by atoms with Gasteiger partial charge in [0.2, 0.25) is 10.0 Å². The van der Waals surface area contributed by atoms with Crippen molar-refractivity contribution < 1.29 is 8.42 Å². The minimum atomic E-state index is -3.04. The Morgan fingerprint density at radius 2 is 2.00 bits per heavy atom. The standard InChI is InChI=1S/C4H10NO2S/c1-4(2)5-8(3,6)7/h4-5H,1H2,2-3H3. The maximum Gasteiger partial charge on any atom is 0.208 e. The summed E-state index contributed by atoms with van der Waals surface area (Å²) in [5.74, 6) is 0. The van der Waals surface area contributed by atoms with Gasteiger partial charge in [0.05, 0.1) is 6.26 Å². The molecule has 0 aliphatic heterocycles. The van der Waals surface area contributed by atoms with Gasteiger partial charge in [0.1, 0.15) is 0 Å². The molecule has 0 aliphatic carbocycles. The van der Waals surface area contributed by atoms with Crippen LogP contribution in [-0.4, -0.2) is 20.7 Å². The molecule has 0 aliphatic rings. The van der Waals surface area contributed by atoms with E-state index in [0.29, 0.717) is 0 Å². The highest BCUT2D eigenvalue weighted by Gasteiger charge is 2.00. The minimum absolute atomic E-state index is 0.245. The van der Waals surface area contributed by atoms with Gasteiger partial charge < -0.3 is 0 Å². The highest BCUT2D eigenvalue weighted by Crippen LogP contribution is 1.79. The average Bonchev–Trinajstić information content (AvgIpc) is 1.21. The topological polar surface area (TPSA) is 46.2 Å². The molecule has 0 amide bonds. The van der Waals surface area contributed by atoms with Gasteiger partial charge in [-0.3, -0.25) is 0 Å².